The van der Waals surface area contributed by atoms with Gasteiger partial charge in [0.15, 0.2) is 0 Å². The van der Waals surface area contributed by atoms with Crippen LogP contribution in [0, 0.1) is 0 Å². The molecule has 4 heterocycles. The summed E-state index contributed by atoms with van der Waals surface area (Å²) in [5, 5.41) is 0. The van der Waals surface area contributed by atoms with E-state index in [4.69, 9.17) is 9.47 Å². The number of hydrogen-bond acceptors (Lipinski definition) is 8. The van der Waals surface area contributed by atoms with E-state index in [1.54, 1.807) is 35.4 Å². The molecule has 0 radical (unpaired) electrons. The first kappa shape index (κ1) is 39.9. The Morgan fingerprint density at radius 1 is 0.862 bits per heavy atom. The molecule has 2 atom stereocenters. The van der Waals surface area contributed by atoms with Gasteiger partial charge in [-0.05, 0) is 74.8 Å². The number of carbonyl (C=O) groups excluding carboxylic acids is 4. The van der Waals surface area contributed by atoms with Crippen molar-refractivity contribution >= 4 is 29.8 Å². The predicted octanol–water partition coefficient (Wildman–Crippen LogP) is 7.17. The molecular formula is C46H50N6O6. The number of carbonyl (C=O) groups is 4. The Labute approximate surface area is 339 Å². The number of rotatable bonds is 11. The van der Waals surface area contributed by atoms with E-state index in [0.29, 0.717) is 36.6 Å². The fourth-order valence-corrected chi connectivity index (χ4v) is 8.26. The lowest BCUT2D eigenvalue weighted by Gasteiger charge is -2.43. The number of benzene rings is 3. The molecule has 58 heavy (non-hydrogen) atoms. The summed E-state index contributed by atoms with van der Waals surface area (Å²) in [6.07, 6.45) is 5.81. The molecule has 2 fully saturated rings. The molecule has 0 bridgehead atoms. The number of aromatic nitrogens is 3. The topological polar surface area (TPSA) is 127 Å². The Morgan fingerprint density at radius 3 is 2.05 bits per heavy atom. The van der Waals surface area contributed by atoms with Crippen LogP contribution in [0.1, 0.15) is 67.5 Å². The lowest BCUT2D eigenvalue weighted by atomic mass is 9.68. The number of likely N-dealkylation sites (tertiary alicyclic amines) is 1. The lowest BCUT2D eigenvalue weighted by molar-refractivity contribution is -0.133. The van der Waals surface area contributed by atoms with Crippen molar-refractivity contribution in [2.45, 2.75) is 75.9 Å². The first-order valence-electron chi connectivity index (χ1n) is 19.7. The molecule has 12 nitrogen and oxygen atoms in total. The van der Waals surface area contributed by atoms with Crippen molar-refractivity contribution in [2.75, 3.05) is 31.7 Å². The van der Waals surface area contributed by atoms with E-state index >= 15 is 0 Å². The summed E-state index contributed by atoms with van der Waals surface area (Å²) in [6.45, 7) is 6.95. The van der Waals surface area contributed by atoms with Crippen LogP contribution in [0.4, 0.5) is 15.4 Å². The van der Waals surface area contributed by atoms with E-state index in [1.807, 2.05) is 68.1 Å². The van der Waals surface area contributed by atoms with Crippen LogP contribution in [-0.2, 0) is 43.9 Å². The van der Waals surface area contributed by atoms with Crippen LogP contribution in [0.5, 0.6) is 0 Å². The molecule has 0 spiro atoms. The van der Waals surface area contributed by atoms with Crippen molar-refractivity contribution in [1.29, 1.82) is 0 Å². The van der Waals surface area contributed by atoms with Gasteiger partial charge in [-0.15, -0.1) is 0 Å². The summed E-state index contributed by atoms with van der Waals surface area (Å²) in [6, 6.07) is 33.7. The third-order valence-corrected chi connectivity index (χ3v) is 11.3. The number of piperidine rings is 1. The molecule has 2 aliphatic heterocycles. The Balaban J connectivity index is 1.12. The van der Waals surface area contributed by atoms with E-state index in [0.717, 1.165) is 18.4 Å². The minimum Gasteiger partial charge on any atom is -0.452 e. The fourth-order valence-electron chi connectivity index (χ4n) is 8.26. The zero-order valence-electron chi connectivity index (χ0n) is 33.5. The van der Waals surface area contributed by atoms with Crippen LogP contribution in [0.3, 0.4) is 0 Å². The number of methoxy groups -OCH3 is 1. The van der Waals surface area contributed by atoms with Crippen molar-refractivity contribution in [2.24, 2.45) is 0 Å². The second-order valence-corrected chi connectivity index (χ2v) is 16.1. The molecule has 5 aromatic rings. The maximum atomic E-state index is 14.6. The number of nitrogens with zero attached hydrogens (tertiary/aromatic N) is 6. The Bertz CT molecular complexity index is 2150. The number of cyclic esters (lactones) is 1. The third-order valence-electron chi connectivity index (χ3n) is 11.3. The van der Waals surface area contributed by atoms with E-state index in [1.165, 1.54) is 28.0 Å². The summed E-state index contributed by atoms with van der Waals surface area (Å²) in [5.74, 6) is -1.01. The molecule has 3 aromatic carbocycles. The van der Waals surface area contributed by atoms with Crippen LogP contribution in [-0.4, -0.2) is 86.7 Å². The zero-order chi connectivity index (χ0) is 40.9. The number of imide groups is 1. The molecule has 0 N–H and O–H groups in total. The van der Waals surface area contributed by atoms with Gasteiger partial charge in [-0.25, -0.2) is 24.5 Å². The molecule has 0 unspecified atom stereocenters. The first-order chi connectivity index (χ1) is 28.0. The first-order valence-corrected chi connectivity index (χ1v) is 19.7. The van der Waals surface area contributed by atoms with Gasteiger partial charge in [0.05, 0.1) is 31.1 Å². The van der Waals surface area contributed by atoms with Gasteiger partial charge < -0.3 is 18.9 Å². The average Bonchev–Trinajstić information content (AvgIpc) is 3.86. The lowest BCUT2D eigenvalue weighted by Crippen LogP contribution is -2.46. The van der Waals surface area contributed by atoms with Crippen LogP contribution >= 0.6 is 0 Å². The molecule has 2 aliphatic rings. The quantitative estimate of drug-likeness (QED) is 0.138. The highest BCUT2D eigenvalue weighted by Gasteiger charge is 2.43. The summed E-state index contributed by atoms with van der Waals surface area (Å²) >= 11 is 0. The van der Waals surface area contributed by atoms with Gasteiger partial charge in [0, 0.05) is 36.4 Å². The maximum absolute atomic E-state index is 14.6. The van der Waals surface area contributed by atoms with E-state index in [2.05, 4.69) is 58.5 Å². The van der Waals surface area contributed by atoms with Crippen LogP contribution in [0.25, 0.3) is 0 Å². The van der Waals surface area contributed by atoms with Crippen molar-refractivity contribution < 1.29 is 28.7 Å². The SMILES string of the molecule is COC(=O)N(c1ccc(C[C@@H](C(=O)N2C(=O)OC[C@H]2Cc2ccccc2)c2cn(CC(=O)N3CCC(c4ccccc4)(c4ccccc4)CC3)cn2)cn1)C(C)(C)C. The number of hydrogen-bond donors (Lipinski definition) is 0. The van der Waals surface area contributed by atoms with Gasteiger partial charge in [-0.2, -0.15) is 0 Å². The van der Waals surface area contributed by atoms with Gasteiger partial charge >= 0.3 is 12.2 Å². The summed E-state index contributed by atoms with van der Waals surface area (Å²) in [4.78, 5) is 68.1. The zero-order valence-corrected chi connectivity index (χ0v) is 33.5. The Kier molecular flexibility index (Phi) is 11.7. The predicted molar refractivity (Wildman–Crippen MR) is 219 cm³/mol. The molecule has 2 aromatic heterocycles. The number of amides is 4. The van der Waals surface area contributed by atoms with E-state index < -0.39 is 35.6 Å². The van der Waals surface area contributed by atoms with Gasteiger partial charge in [-0.3, -0.25) is 14.5 Å². The van der Waals surface area contributed by atoms with Gasteiger partial charge in [-0.1, -0.05) is 97.1 Å². The van der Waals surface area contributed by atoms with Crippen LogP contribution in [0.15, 0.2) is 122 Å². The van der Waals surface area contributed by atoms with Gasteiger partial charge in [0.1, 0.15) is 19.0 Å². The molecular weight excluding hydrogens is 733 g/mol. The minimum absolute atomic E-state index is 0.0404. The van der Waals surface area contributed by atoms with Crippen molar-refractivity contribution in [3.63, 3.8) is 0 Å². The molecule has 300 valence electrons. The summed E-state index contributed by atoms with van der Waals surface area (Å²) < 4.78 is 12.2. The maximum Gasteiger partial charge on any atom is 0.417 e. The normalized spacial score (nSPS) is 17.0. The van der Waals surface area contributed by atoms with E-state index in [-0.39, 0.29) is 30.9 Å². The summed E-state index contributed by atoms with van der Waals surface area (Å²) in [5.41, 5.74) is 3.76. The molecule has 4 amide bonds. The fraction of sp³-hybridized carbons (Fsp3) is 0.348. The van der Waals surface area contributed by atoms with Crippen molar-refractivity contribution in [1.82, 2.24) is 24.3 Å². The molecule has 12 heteroatoms. The highest BCUT2D eigenvalue weighted by Crippen LogP contribution is 2.42. The number of pyridine rings is 1. The third kappa shape index (κ3) is 8.51. The number of ether oxygens (including phenoxy) is 2. The molecule has 0 aliphatic carbocycles. The summed E-state index contributed by atoms with van der Waals surface area (Å²) in [7, 11) is 1.32. The van der Waals surface area contributed by atoms with Crippen LogP contribution in [0.2, 0.25) is 0 Å². The second-order valence-electron chi connectivity index (χ2n) is 16.1. The molecule has 0 saturated carbocycles. The average molecular weight is 783 g/mol. The number of imidazole rings is 1. The monoisotopic (exact) mass is 782 g/mol. The Morgan fingerprint density at radius 2 is 1.48 bits per heavy atom. The van der Waals surface area contributed by atoms with E-state index in [9.17, 15) is 19.2 Å². The highest BCUT2D eigenvalue weighted by molar-refractivity contribution is 5.97. The van der Waals surface area contributed by atoms with Gasteiger partial charge in [0.2, 0.25) is 11.8 Å². The van der Waals surface area contributed by atoms with Crippen LogP contribution < -0.4 is 4.90 Å². The highest BCUT2D eigenvalue weighted by atomic mass is 16.6. The van der Waals surface area contributed by atoms with Crippen molar-refractivity contribution in [3.05, 3.63) is 150 Å². The molecule has 7 rings (SSSR count). The second kappa shape index (κ2) is 17.1. The number of anilines is 1. The smallest absolute Gasteiger partial charge is 0.417 e. The van der Waals surface area contributed by atoms with Gasteiger partial charge in [0.25, 0.3) is 0 Å². The van der Waals surface area contributed by atoms with Crippen molar-refractivity contribution in [3.8, 4) is 0 Å². The Hall–Kier alpha value is -6.30. The standard InChI is InChI=1S/C46H50N6O6/c1-45(2,3)52(44(56)57-4)40-21-20-34(28-47-40)27-38(42(54)51-37(31-58-43(51)55)26-33-14-8-5-9-15-33)39-29-49(32-48-39)30-41(53)50-24-22-46(23-25-50,35-16-10-6-11-17-35)36-18-12-7-13-19-36/h5-21,28-29,32,37-38H,22-27,30-31H2,1-4H3/t37-,38-/m1/s1. The largest absolute Gasteiger partial charge is 0.452 e. The molecule has 2 saturated heterocycles. The minimum atomic E-state index is -0.903.